The zero-order chi connectivity index (χ0) is 3.58. The van der Waals surface area contributed by atoms with Crippen LogP contribution in [0.15, 0.2) is 0 Å². The van der Waals surface area contributed by atoms with Gasteiger partial charge in [0.25, 0.3) is 0 Å². The van der Waals surface area contributed by atoms with Crippen molar-refractivity contribution in [3.05, 3.63) is 0 Å². The van der Waals surface area contributed by atoms with Gasteiger partial charge in [0.1, 0.15) is 0 Å². The molecule has 3 radical (unpaired) electrons. The molecule has 0 bridgehead atoms. The second kappa shape index (κ2) is 4.13. The van der Waals surface area contributed by atoms with Gasteiger partial charge in [-0.3, -0.25) is 0 Å². The molecule has 28 valence electrons. The Morgan fingerprint density at radius 2 is 1.00 bits per heavy atom. The summed E-state index contributed by atoms with van der Waals surface area (Å²) < 4.78 is 25.8. The normalized spacial score (nSPS) is 4.80. The van der Waals surface area contributed by atoms with Crippen molar-refractivity contribution < 1.29 is 27.0 Å². The van der Waals surface area contributed by atoms with E-state index in [1.807, 2.05) is 0 Å². The number of hydrogen-bond acceptors (Lipinski definition) is 3. The molecule has 0 aromatic heterocycles. The average molecular weight is 245 g/mol. The molecule has 0 aliphatic heterocycles. The van der Waals surface area contributed by atoms with Gasteiger partial charge in [-0.2, -0.15) is 0 Å². The maximum atomic E-state index is 8.60. The van der Waals surface area contributed by atoms with E-state index in [1.54, 1.807) is 0 Å². The summed E-state index contributed by atoms with van der Waals surface area (Å²) in [7, 11) is 0. The molecule has 0 heterocycles. The summed E-state index contributed by atoms with van der Waals surface area (Å²) in [6.07, 6.45) is 0. The molecule has 0 saturated heterocycles. The van der Waals surface area contributed by atoms with Crippen LogP contribution < -0.4 is 0 Å². The van der Waals surface area contributed by atoms with Crippen molar-refractivity contribution in [2.24, 2.45) is 0 Å². The standard InChI is InChI=1S/B.3O.Re. The van der Waals surface area contributed by atoms with Crippen LogP contribution in [0.3, 0.4) is 0 Å². The Labute approximate surface area is 36.1 Å². The van der Waals surface area contributed by atoms with E-state index in [0.29, 0.717) is 0 Å². The van der Waals surface area contributed by atoms with Gasteiger partial charge in [-0.25, -0.2) is 0 Å². The van der Waals surface area contributed by atoms with Crippen LogP contribution in [-0.2, 0) is 27.0 Å². The summed E-state index contributed by atoms with van der Waals surface area (Å²) in [6, 6.07) is 0. The van der Waals surface area contributed by atoms with E-state index in [1.165, 1.54) is 0 Å². The van der Waals surface area contributed by atoms with E-state index in [-0.39, 0.29) is 8.41 Å². The van der Waals surface area contributed by atoms with Crippen LogP contribution in [-0.4, -0.2) is 8.41 Å². The van der Waals surface area contributed by atoms with Gasteiger partial charge in [-0.05, 0) is 0 Å². The van der Waals surface area contributed by atoms with Crippen LogP contribution in [0.1, 0.15) is 0 Å². The molecular formula is BO3Re. The van der Waals surface area contributed by atoms with Gasteiger partial charge in [0.05, 0.1) is 0 Å². The van der Waals surface area contributed by atoms with Crippen molar-refractivity contribution in [3.8, 4) is 0 Å². The first-order chi connectivity index (χ1) is 1.73. The Kier molecular flexibility index (Phi) is 7.37. The molecule has 0 unspecified atom stereocenters. The van der Waals surface area contributed by atoms with E-state index in [2.05, 4.69) is 0 Å². The topological polar surface area (TPSA) is 51.2 Å². The van der Waals surface area contributed by atoms with Crippen LogP contribution in [0, 0.1) is 0 Å². The fourth-order valence-electron chi connectivity index (χ4n) is 0. The van der Waals surface area contributed by atoms with E-state index < -0.39 is 16.6 Å². The Morgan fingerprint density at radius 1 is 1.00 bits per heavy atom. The third-order valence-corrected chi connectivity index (χ3v) is 0. The predicted molar refractivity (Wildman–Crippen MR) is 7.81 cm³/mol. The Bertz CT molecular complexity index is 76.3. The van der Waals surface area contributed by atoms with Crippen molar-refractivity contribution >= 4 is 8.41 Å². The van der Waals surface area contributed by atoms with Crippen LogP contribution in [0.2, 0.25) is 0 Å². The van der Waals surface area contributed by atoms with Crippen molar-refractivity contribution in [1.29, 1.82) is 0 Å². The maximum absolute atomic E-state index is 8.60. The molecule has 0 aliphatic rings. The monoisotopic (exact) mass is 246 g/mol. The van der Waals surface area contributed by atoms with Crippen molar-refractivity contribution in [1.82, 2.24) is 0 Å². The van der Waals surface area contributed by atoms with Crippen LogP contribution >= 0.6 is 0 Å². The molecule has 0 aliphatic carbocycles. The molecule has 0 aromatic rings. The summed E-state index contributed by atoms with van der Waals surface area (Å²) in [4.78, 5) is 0. The van der Waals surface area contributed by atoms with Crippen molar-refractivity contribution in [3.63, 3.8) is 0 Å². The molecule has 3 nitrogen and oxygen atoms in total. The summed E-state index contributed by atoms with van der Waals surface area (Å²) in [6.45, 7) is 0. The Hall–Kier alpha value is 0.127. The van der Waals surface area contributed by atoms with E-state index >= 15 is 0 Å². The van der Waals surface area contributed by atoms with Crippen LogP contribution in [0.25, 0.3) is 0 Å². The second-order valence-corrected chi connectivity index (χ2v) is 1.55. The molecule has 0 saturated carbocycles. The Balaban J connectivity index is 0. The van der Waals surface area contributed by atoms with Gasteiger partial charge in [0.15, 0.2) is 0 Å². The average Bonchev–Trinajstić information content (AvgIpc) is 0.811. The molecule has 0 amide bonds. The summed E-state index contributed by atoms with van der Waals surface area (Å²) in [5.41, 5.74) is 0. The van der Waals surface area contributed by atoms with Gasteiger partial charge in [0.2, 0.25) is 0 Å². The van der Waals surface area contributed by atoms with E-state index in [4.69, 9.17) is 10.4 Å². The van der Waals surface area contributed by atoms with Gasteiger partial charge in [0, 0.05) is 8.41 Å². The third kappa shape index (κ3) is 1150. The minimum atomic E-state index is -4.21. The zero-order valence-electron chi connectivity index (χ0n) is 2.18. The van der Waals surface area contributed by atoms with E-state index in [9.17, 15) is 0 Å². The zero-order valence-corrected chi connectivity index (χ0v) is 4.90. The summed E-state index contributed by atoms with van der Waals surface area (Å²) in [5.74, 6) is 0. The van der Waals surface area contributed by atoms with Gasteiger partial charge < -0.3 is 0 Å². The van der Waals surface area contributed by atoms with E-state index in [0.717, 1.165) is 0 Å². The fourth-order valence-corrected chi connectivity index (χ4v) is 0. The fraction of sp³-hybridized carbons (Fsp3) is 0. The number of hydrogen-bond donors (Lipinski definition) is 0. The minimum absolute atomic E-state index is 0. The quantitative estimate of drug-likeness (QED) is 0.528. The summed E-state index contributed by atoms with van der Waals surface area (Å²) >= 11 is -4.21. The molecule has 5 heavy (non-hydrogen) atoms. The molecular weight excluding hydrogens is 245 g/mol. The SMILES string of the molecule is [B].[O]=[Re](=[O])=[O]. The second-order valence-electron chi connectivity index (χ2n) is 0.189. The first-order valence-electron chi connectivity index (χ1n) is 0.463. The first-order valence-corrected chi connectivity index (χ1v) is 3.79. The van der Waals surface area contributed by atoms with Gasteiger partial charge >= 0.3 is 27.0 Å². The molecule has 0 spiro atoms. The van der Waals surface area contributed by atoms with Crippen LogP contribution in [0.4, 0.5) is 0 Å². The molecule has 0 N–H and O–H groups in total. The number of rotatable bonds is 0. The van der Waals surface area contributed by atoms with Gasteiger partial charge in [-0.1, -0.05) is 0 Å². The van der Waals surface area contributed by atoms with Crippen molar-refractivity contribution in [2.75, 3.05) is 0 Å². The summed E-state index contributed by atoms with van der Waals surface area (Å²) in [5, 5.41) is 0. The molecule has 5 heteroatoms. The van der Waals surface area contributed by atoms with Crippen molar-refractivity contribution in [2.45, 2.75) is 0 Å². The van der Waals surface area contributed by atoms with Gasteiger partial charge in [-0.15, -0.1) is 0 Å². The molecule has 0 fully saturated rings. The molecule has 0 atom stereocenters. The molecule has 0 rings (SSSR count). The molecule has 0 aromatic carbocycles. The third-order valence-electron chi connectivity index (χ3n) is 0. The van der Waals surface area contributed by atoms with Crippen LogP contribution in [0.5, 0.6) is 0 Å². The predicted octanol–water partition coefficient (Wildman–Crippen LogP) is -0.740. The first kappa shape index (κ1) is 8.93. The Morgan fingerprint density at radius 3 is 1.00 bits per heavy atom.